The second kappa shape index (κ2) is 21.6. The second-order valence-corrected chi connectivity index (χ2v) is 16.6. The van der Waals surface area contributed by atoms with E-state index in [2.05, 4.69) is 32.6 Å². The first-order chi connectivity index (χ1) is 26.3. The van der Waals surface area contributed by atoms with Gasteiger partial charge in [0.25, 0.3) is 0 Å². The topological polar surface area (TPSA) is 105 Å². The van der Waals surface area contributed by atoms with E-state index in [1.165, 1.54) is 57.4 Å². The number of benzene rings is 1. The minimum absolute atomic E-state index is 0.0875. The Morgan fingerprint density at radius 2 is 1.24 bits per heavy atom. The van der Waals surface area contributed by atoms with E-state index in [4.69, 9.17) is 18.9 Å². The lowest BCUT2D eigenvalue weighted by Gasteiger charge is -2.37. The van der Waals surface area contributed by atoms with E-state index in [1.54, 1.807) is 12.1 Å². The summed E-state index contributed by atoms with van der Waals surface area (Å²) in [6, 6.07) is 4.67. The summed E-state index contributed by atoms with van der Waals surface area (Å²) in [5, 5.41) is 0. The van der Waals surface area contributed by atoms with Crippen LogP contribution in [-0.2, 0) is 23.9 Å². The van der Waals surface area contributed by atoms with Crippen LogP contribution in [0.5, 0.6) is 11.5 Å². The molecule has 3 fully saturated rings. The molecule has 0 aromatic heterocycles. The highest BCUT2D eigenvalue weighted by Crippen LogP contribution is 2.43. The van der Waals surface area contributed by atoms with Gasteiger partial charge in [0.15, 0.2) is 0 Å². The molecule has 0 N–H and O–H groups in total. The molecule has 54 heavy (non-hydrogen) atoms. The van der Waals surface area contributed by atoms with Crippen molar-refractivity contribution in [1.82, 2.24) is 0 Å². The third-order valence-electron chi connectivity index (χ3n) is 13.3. The van der Waals surface area contributed by atoms with Crippen LogP contribution in [0.25, 0.3) is 0 Å². The first-order valence-corrected chi connectivity index (χ1v) is 21.5. The van der Waals surface area contributed by atoms with E-state index >= 15 is 0 Å². The van der Waals surface area contributed by atoms with Gasteiger partial charge >= 0.3 is 23.9 Å². The van der Waals surface area contributed by atoms with Gasteiger partial charge in [-0.25, -0.2) is 9.59 Å². The molecule has 2 atom stereocenters. The Kier molecular flexibility index (Phi) is 16.7. The number of esters is 4. The van der Waals surface area contributed by atoms with Gasteiger partial charge in [0.1, 0.15) is 17.1 Å². The summed E-state index contributed by atoms with van der Waals surface area (Å²) >= 11 is 0. The molecule has 5 rings (SSSR count). The zero-order valence-electron chi connectivity index (χ0n) is 33.1. The van der Waals surface area contributed by atoms with Crippen molar-refractivity contribution in [3.8, 4) is 11.5 Å². The fourth-order valence-electron chi connectivity index (χ4n) is 9.55. The number of allylic oxidation sites excluding steroid dienone is 2. The molecule has 3 saturated carbocycles. The van der Waals surface area contributed by atoms with Crippen molar-refractivity contribution >= 4 is 23.9 Å². The third-order valence-corrected chi connectivity index (χ3v) is 13.3. The van der Waals surface area contributed by atoms with Crippen molar-refractivity contribution in [3.05, 3.63) is 48.6 Å². The summed E-state index contributed by atoms with van der Waals surface area (Å²) in [7, 11) is 0. The first kappa shape index (κ1) is 41.7. The normalized spacial score (nSPS) is 28.4. The van der Waals surface area contributed by atoms with Crippen LogP contribution in [0, 0.1) is 47.3 Å². The summed E-state index contributed by atoms with van der Waals surface area (Å²) < 4.78 is 22.5. The van der Waals surface area contributed by atoms with Crippen LogP contribution in [0.2, 0.25) is 0 Å². The van der Waals surface area contributed by atoms with Crippen LogP contribution in [0.1, 0.15) is 153 Å². The van der Waals surface area contributed by atoms with Crippen LogP contribution in [0.15, 0.2) is 43.0 Å². The highest BCUT2D eigenvalue weighted by atomic mass is 16.6. The van der Waals surface area contributed by atoms with Crippen molar-refractivity contribution in [2.75, 3.05) is 13.2 Å². The van der Waals surface area contributed by atoms with E-state index in [0.29, 0.717) is 43.1 Å². The van der Waals surface area contributed by atoms with Crippen LogP contribution in [-0.4, -0.2) is 37.1 Å². The molecule has 1 aromatic rings. The lowest BCUT2D eigenvalue weighted by atomic mass is 9.69. The summed E-state index contributed by atoms with van der Waals surface area (Å²) in [4.78, 5) is 51.5. The summed E-state index contributed by atoms with van der Waals surface area (Å²) in [5.74, 6) is 2.63. The number of carbonyl (C=O) groups is 4. The van der Waals surface area contributed by atoms with Gasteiger partial charge in [0.05, 0.1) is 25.0 Å². The molecule has 8 heteroatoms. The van der Waals surface area contributed by atoms with Crippen molar-refractivity contribution < 1.29 is 38.1 Å². The quantitative estimate of drug-likeness (QED) is 0.0510. The molecule has 2 unspecified atom stereocenters. The third kappa shape index (κ3) is 12.3. The molecule has 4 aliphatic carbocycles. The van der Waals surface area contributed by atoms with Crippen LogP contribution >= 0.6 is 0 Å². The van der Waals surface area contributed by atoms with E-state index in [1.807, 2.05) is 0 Å². The lowest BCUT2D eigenvalue weighted by molar-refractivity contribution is -0.141. The Bertz CT molecular complexity index is 1410. The summed E-state index contributed by atoms with van der Waals surface area (Å²) in [6.45, 7) is 8.45. The van der Waals surface area contributed by atoms with Crippen molar-refractivity contribution in [2.45, 2.75) is 142 Å². The predicted molar refractivity (Wildman–Crippen MR) is 210 cm³/mol. The molecule has 0 bridgehead atoms. The Balaban J connectivity index is 1.15. The molecule has 0 aliphatic heterocycles. The Morgan fingerprint density at radius 3 is 1.81 bits per heavy atom. The van der Waals surface area contributed by atoms with Gasteiger partial charge in [-0.05, 0) is 163 Å². The zero-order valence-corrected chi connectivity index (χ0v) is 33.1. The van der Waals surface area contributed by atoms with Gasteiger partial charge in [0, 0.05) is 6.08 Å². The SMILES string of the molecule is C=CC(=O)OCCCCCCOC(=O)c1cc(OC(=O)C2CCC(C3C=CC(CC)CC3)CC2)ccc1OC(=O)C1CCC(C2CCC(CC)CC2)CC1. The van der Waals surface area contributed by atoms with Gasteiger partial charge in [-0.15, -0.1) is 0 Å². The number of carbonyl (C=O) groups excluding carboxylic acids is 4. The second-order valence-electron chi connectivity index (χ2n) is 16.6. The van der Waals surface area contributed by atoms with E-state index in [9.17, 15) is 19.2 Å². The average molecular weight is 747 g/mol. The smallest absolute Gasteiger partial charge is 0.342 e. The molecule has 298 valence electrons. The van der Waals surface area contributed by atoms with Crippen LogP contribution < -0.4 is 9.47 Å². The Labute approximate surface area is 324 Å². The molecule has 1 aromatic carbocycles. The fourth-order valence-corrected chi connectivity index (χ4v) is 9.55. The minimum Gasteiger partial charge on any atom is -0.463 e. The average Bonchev–Trinajstić information content (AvgIpc) is 3.22. The van der Waals surface area contributed by atoms with Gasteiger partial charge < -0.3 is 18.9 Å². The molecule has 0 heterocycles. The highest BCUT2D eigenvalue weighted by Gasteiger charge is 2.35. The largest absolute Gasteiger partial charge is 0.463 e. The summed E-state index contributed by atoms with van der Waals surface area (Å²) in [6.07, 6.45) is 26.5. The number of rotatable bonds is 17. The van der Waals surface area contributed by atoms with Gasteiger partial charge in [0.2, 0.25) is 0 Å². The molecule has 0 saturated heterocycles. The molecular weight excluding hydrogens is 680 g/mol. The molecule has 0 spiro atoms. The molecule has 0 radical (unpaired) electrons. The van der Waals surface area contributed by atoms with Gasteiger partial charge in [-0.1, -0.05) is 51.8 Å². The highest BCUT2D eigenvalue weighted by molar-refractivity contribution is 5.94. The fraction of sp³-hybridized carbons (Fsp3) is 0.696. The summed E-state index contributed by atoms with van der Waals surface area (Å²) in [5.41, 5.74) is 0.0875. The number of hydrogen-bond acceptors (Lipinski definition) is 8. The van der Waals surface area contributed by atoms with Gasteiger partial charge in [-0.3, -0.25) is 9.59 Å². The van der Waals surface area contributed by atoms with E-state index < -0.39 is 11.9 Å². The molecule has 0 amide bonds. The maximum atomic E-state index is 13.5. The van der Waals surface area contributed by atoms with Crippen molar-refractivity contribution in [2.24, 2.45) is 47.3 Å². The monoisotopic (exact) mass is 746 g/mol. The standard InChI is InChI=1S/C46H66O8/c1-4-32-11-15-34(16-12-32)36-19-23-38(24-20-36)44(48)53-40-27-28-42(41(31-40)46(50)52-30-10-8-7-9-29-51-43(47)6-3)54-45(49)39-25-21-37(22-26-39)35-17-13-33(5-2)14-18-35/h6,11,15,27-28,31-39H,3-5,7-10,12-14,16-26,29-30H2,1-2H3. The van der Waals surface area contributed by atoms with E-state index in [0.717, 1.165) is 82.1 Å². The number of ether oxygens (including phenoxy) is 4. The lowest BCUT2D eigenvalue weighted by Crippen LogP contribution is -2.30. The van der Waals surface area contributed by atoms with Gasteiger partial charge in [-0.2, -0.15) is 0 Å². The minimum atomic E-state index is -0.617. The first-order valence-electron chi connectivity index (χ1n) is 21.5. The molecule has 4 aliphatic rings. The van der Waals surface area contributed by atoms with Crippen LogP contribution in [0.3, 0.4) is 0 Å². The maximum Gasteiger partial charge on any atom is 0.342 e. The Morgan fingerprint density at radius 1 is 0.648 bits per heavy atom. The number of unbranched alkanes of at least 4 members (excludes halogenated alkanes) is 3. The molecular formula is C46H66O8. The van der Waals surface area contributed by atoms with E-state index in [-0.39, 0.29) is 47.4 Å². The Hall–Kier alpha value is -3.42. The van der Waals surface area contributed by atoms with Crippen molar-refractivity contribution in [3.63, 3.8) is 0 Å². The predicted octanol–water partition coefficient (Wildman–Crippen LogP) is 10.8. The zero-order chi connectivity index (χ0) is 38.3. The van der Waals surface area contributed by atoms with Crippen molar-refractivity contribution in [1.29, 1.82) is 0 Å². The van der Waals surface area contributed by atoms with Crippen LogP contribution in [0.4, 0.5) is 0 Å². The maximum absolute atomic E-state index is 13.5. The number of hydrogen-bond donors (Lipinski definition) is 0. The molecule has 8 nitrogen and oxygen atoms in total.